The van der Waals surface area contributed by atoms with Crippen molar-refractivity contribution in [2.45, 2.75) is 38.8 Å². The third-order valence-corrected chi connectivity index (χ3v) is 8.02. The highest BCUT2D eigenvalue weighted by atomic mass is 32.2. The van der Waals surface area contributed by atoms with Crippen LogP contribution < -0.4 is 5.73 Å². The molecule has 0 radical (unpaired) electrons. The van der Waals surface area contributed by atoms with Crippen LogP contribution in [0.4, 0.5) is 23.2 Å². The summed E-state index contributed by atoms with van der Waals surface area (Å²) in [5.74, 6) is -3.50. The van der Waals surface area contributed by atoms with Crippen LogP contribution in [0, 0.1) is 29.0 Å². The van der Waals surface area contributed by atoms with Crippen LogP contribution in [-0.2, 0) is 14.3 Å². The Balaban J connectivity index is 1.72. The van der Waals surface area contributed by atoms with Crippen LogP contribution in [0.1, 0.15) is 32.6 Å². The number of nitrogens with zero attached hydrogens (tertiary/aromatic N) is 1. The molecular formula is C25H28F4N2O3S. The number of halogens is 4. The minimum absolute atomic E-state index is 0.228. The van der Waals surface area contributed by atoms with Crippen molar-refractivity contribution in [3.05, 3.63) is 65.2 Å². The topological polar surface area (TPSA) is 81.8 Å². The second kappa shape index (κ2) is 9.20. The predicted octanol–water partition coefficient (Wildman–Crippen LogP) is 5.59. The zero-order valence-electron chi connectivity index (χ0n) is 19.5. The Morgan fingerprint density at radius 3 is 2.54 bits per heavy atom. The normalized spacial score (nSPS) is 31.5. The second-order valence-corrected chi connectivity index (χ2v) is 11.3. The molecule has 35 heavy (non-hydrogen) atoms. The number of alkyl halides is 3. The van der Waals surface area contributed by atoms with E-state index in [9.17, 15) is 26.0 Å². The average molecular weight is 513 g/mol. The van der Waals surface area contributed by atoms with Crippen molar-refractivity contribution in [3.8, 4) is 0 Å². The van der Waals surface area contributed by atoms with Gasteiger partial charge in [0.2, 0.25) is 0 Å². The van der Waals surface area contributed by atoms with Gasteiger partial charge in [-0.2, -0.15) is 21.6 Å². The molecule has 1 unspecified atom stereocenters. The van der Waals surface area contributed by atoms with E-state index < -0.39 is 46.1 Å². The molecule has 0 heterocycles. The number of fused-ring (bicyclic) bond motifs is 3. The van der Waals surface area contributed by atoms with Gasteiger partial charge >= 0.3 is 6.18 Å². The van der Waals surface area contributed by atoms with E-state index in [0.29, 0.717) is 30.7 Å². The Morgan fingerprint density at radius 2 is 1.94 bits per heavy atom. The van der Waals surface area contributed by atoms with Crippen molar-refractivity contribution in [1.82, 2.24) is 0 Å². The fraction of sp³-hybridized carbons (Fsp3) is 0.480. The molecule has 1 aromatic carbocycles. The molecule has 190 valence electrons. The molecule has 3 aliphatic carbocycles. The first-order valence-electron chi connectivity index (χ1n) is 11.4. The van der Waals surface area contributed by atoms with Crippen molar-refractivity contribution in [1.29, 1.82) is 0 Å². The Labute approximate surface area is 202 Å². The fourth-order valence-corrected chi connectivity index (χ4v) is 6.16. The fourth-order valence-electron chi connectivity index (χ4n) is 5.76. The maximum Gasteiger partial charge on any atom is 0.392 e. The summed E-state index contributed by atoms with van der Waals surface area (Å²) in [6.45, 7) is 1.49. The van der Waals surface area contributed by atoms with E-state index in [0.717, 1.165) is 23.0 Å². The van der Waals surface area contributed by atoms with Crippen molar-refractivity contribution >= 4 is 21.5 Å². The monoisotopic (exact) mass is 512 g/mol. The van der Waals surface area contributed by atoms with Gasteiger partial charge in [-0.05, 0) is 73.7 Å². The summed E-state index contributed by atoms with van der Waals surface area (Å²) >= 11 is 0. The molecule has 10 heteroatoms. The number of aliphatic imine (C=N–C) groups is 1. The lowest BCUT2D eigenvalue weighted by Gasteiger charge is -2.51. The Morgan fingerprint density at radius 1 is 1.26 bits per heavy atom. The van der Waals surface area contributed by atoms with Crippen LogP contribution in [0.25, 0.3) is 0 Å². The van der Waals surface area contributed by atoms with Gasteiger partial charge in [0.25, 0.3) is 10.1 Å². The number of benzene rings is 1. The molecule has 0 bridgehead atoms. The van der Waals surface area contributed by atoms with Crippen LogP contribution in [0.3, 0.4) is 0 Å². The summed E-state index contributed by atoms with van der Waals surface area (Å²) in [7, 11) is -3.88. The first-order valence-corrected chi connectivity index (χ1v) is 13.2. The zero-order valence-corrected chi connectivity index (χ0v) is 20.3. The lowest BCUT2D eigenvalue weighted by Crippen LogP contribution is -2.46. The SMILES string of the molecule is C[C@]12CC(=CN)C(=Nc3ccc(F)cc3)C=C1CCC1C2=CC[C@@H](C(F)(F)F)[C@@H]1COS(C)(=O)=O. The number of rotatable bonds is 4. The van der Waals surface area contributed by atoms with Gasteiger partial charge in [0.15, 0.2) is 0 Å². The summed E-state index contributed by atoms with van der Waals surface area (Å²) in [4.78, 5) is 4.62. The highest BCUT2D eigenvalue weighted by Crippen LogP contribution is 2.59. The van der Waals surface area contributed by atoms with E-state index in [2.05, 4.69) is 4.99 Å². The molecular weight excluding hydrogens is 484 g/mol. The number of allylic oxidation sites excluding steroid dienone is 5. The van der Waals surface area contributed by atoms with Gasteiger partial charge in [0, 0.05) is 11.3 Å². The molecule has 4 rings (SSSR count). The van der Waals surface area contributed by atoms with Gasteiger partial charge in [0.05, 0.1) is 30.2 Å². The molecule has 4 atom stereocenters. The van der Waals surface area contributed by atoms with Crippen LogP contribution >= 0.6 is 0 Å². The van der Waals surface area contributed by atoms with Gasteiger partial charge in [-0.25, -0.2) is 9.38 Å². The molecule has 5 nitrogen and oxygen atoms in total. The summed E-state index contributed by atoms with van der Waals surface area (Å²) in [6, 6.07) is 5.76. The van der Waals surface area contributed by atoms with Crippen LogP contribution in [0.2, 0.25) is 0 Å². The smallest absolute Gasteiger partial charge is 0.392 e. The molecule has 0 spiro atoms. The standard InChI is InChI=1S/C25H28F4N2O3S/c1-24-12-15(13-30)23(31-18-6-4-17(26)5-7-18)11-16(24)3-8-19-20(14-34-35(2,32)33)22(25(27,28)29)10-9-21(19)24/h4-7,9,11,13,19-20,22H,3,8,10,12,14,30H2,1-2H3/t19?,20-,22-,24+/m1/s1. The van der Waals surface area contributed by atoms with E-state index in [1.165, 1.54) is 18.3 Å². The molecule has 0 aromatic heterocycles. The summed E-state index contributed by atoms with van der Waals surface area (Å²) in [6.07, 6.45) is 2.67. The molecule has 1 aromatic rings. The molecule has 2 N–H and O–H groups in total. The average Bonchev–Trinajstić information content (AvgIpc) is 2.77. The minimum Gasteiger partial charge on any atom is -0.404 e. The molecule has 1 fully saturated rings. The van der Waals surface area contributed by atoms with Gasteiger partial charge in [-0.1, -0.05) is 24.1 Å². The third-order valence-electron chi connectivity index (χ3n) is 7.45. The number of hydrogen-bond acceptors (Lipinski definition) is 5. The van der Waals surface area contributed by atoms with Gasteiger partial charge in [-0.15, -0.1) is 0 Å². The van der Waals surface area contributed by atoms with Gasteiger partial charge < -0.3 is 5.73 Å². The Hall–Kier alpha value is -2.46. The highest BCUT2D eigenvalue weighted by molar-refractivity contribution is 7.85. The number of nitrogens with two attached hydrogens (primary N) is 1. The summed E-state index contributed by atoms with van der Waals surface area (Å²) in [5.41, 5.74) is 9.24. The largest absolute Gasteiger partial charge is 0.404 e. The van der Waals surface area contributed by atoms with Crippen molar-refractivity contribution in [2.75, 3.05) is 12.9 Å². The molecule has 1 saturated carbocycles. The van der Waals surface area contributed by atoms with Crippen LogP contribution in [0.15, 0.2) is 64.3 Å². The Kier molecular flexibility index (Phi) is 6.74. The maximum atomic E-state index is 13.9. The molecule has 0 aliphatic heterocycles. The third kappa shape index (κ3) is 5.23. The van der Waals surface area contributed by atoms with Crippen molar-refractivity contribution in [3.63, 3.8) is 0 Å². The lowest BCUT2D eigenvalue weighted by atomic mass is 9.53. The molecule has 0 saturated heterocycles. The van der Waals surface area contributed by atoms with Crippen molar-refractivity contribution < 1.29 is 30.2 Å². The second-order valence-electron chi connectivity index (χ2n) is 9.68. The van der Waals surface area contributed by atoms with E-state index in [4.69, 9.17) is 9.92 Å². The van der Waals surface area contributed by atoms with Gasteiger partial charge in [-0.3, -0.25) is 4.18 Å². The highest BCUT2D eigenvalue weighted by Gasteiger charge is 2.54. The Bertz CT molecular complexity index is 1220. The predicted molar refractivity (Wildman–Crippen MR) is 126 cm³/mol. The minimum atomic E-state index is -4.46. The maximum absolute atomic E-state index is 13.9. The summed E-state index contributed by atoms with van der Waals surface area (Å²) in [5, 5.41) is 0. The van der Waals surface area contributed by atoms with E-state index in [1.54, 1.807) is 18.2 Å². The number of hydrogen-bond donors (Lipinski definition) is 1. The van der Waals surface area contributed by atoms with Crippen LogP contribution in [-0.4, -0.2) is 33.2 Å². The van der Waals surface area contributed by atoms with Gasteiger partial charge in [0.1, 0.15) is 5.82 Å². The molecule has 3 aliphatic rings. The van der Waals surface area contributed by atoms with Crippen LogP contribution in [0.5, 0.6) is 0 Å². The molecule has 0 amide bonds. The first-order chi connectivity index (χ1) is 16.3. The van der Waals surface area contributed by atoms with E-state index in [1.807, 2.05) is 13.0 Å². The van der Waals surface area contributed by atoms with E-state index in [-0.39, 0.29) is 12.2 Å². The zero-order chi connectivity index (χ0) is 25.6. The summed E-state index contributed by atoms with van der Waals surface area (Å²) < 4.78 is 83.0. The van der Waals surface area contributed by atoms with E-state index >= 15 is 0 Å². The lowest BCUT2D eigenvalue weighted by molar-refractivity contribution is -0.198. The first kappa shape index (κ1) is 25.6. The quantitative estimate of drug-likeness (QED) is 0.324. The van der Waals surface area contributed by atoms with Crippen molar-refractivity contribution in [2.24, 2.45) is 33.9 Å².